The zero-order valence-electron chi connectivity index (χ0n) is 10.4. The van der Waals surface area contributed by atoms with E-state index in [0.717, 1.165) is 0 Å². The van der Waals surface area contributed by atoms with Gasteiger partial charge in [-0.05, 0) is 24.6 Å². The molecule has 0 heterocycles. The van der Waals surface area contributed by atoms with Crippen molar-refractivity contribution >= 4 is 23.5 Å². The summed E-state index contributed by atoms with van der Waals surface area (Å²) >= 11 is 0. The van der Waals surface area contributed by atoms with Gasteiger partial charge in [0.2, 0.25) is 11.8 Å². The van der Waals surface area contributed by atoms with E-state index in [1.54, 1.807) is 13.0 Å². The SMILES string of the molecule is Cc1c(NC(=O)CNC(=O)CN)cccc1C(=O)O. The van der Waals surface area contributed by atoms with Crippen LogP contribution in [-0.4, -0.2) is 36.0 Å². The Kier molecular flexibility index (Phi) is 5.01. The molecule has 0 radical (unpaired) electrons. The molecule has 0 fully saturated rings. The number of hydrogen-bond acceptors (Lipinski definition) is 4. The van der Waals surface area contributed by atoms with Crippen molar-refractivity contribution in [2.24, 2.45) is 5.73 Å². The number of benzene rings is 1. The van der Waals surface area contributed by atoms with Crippen LogP contribution in [0.25, 0.3) is 0 Å². The summed E-state index contributed by atoms with van der Waals surface area (Å²) in [6.07, 6.45) is 0. The summed E-state index contributed by atoms with van der Waals surface area (Å²) in [7, 11) is 0. The minimum Gasteiger partial charge on any atom is -0.478 e. The van der Waals surface area contributed by atoms with Crippen LogP contribution < -0.4 is 16.4 Å². The zero-order valence-corrected chi connectivity index (χ0v) is 10.4. The van der Waals surface area contributed by atoms with Gasteiger partial charge in [-0.1, -0.05) is 6.07 Å². The summed E-state index contributed by atoms with van der Waals surface area (Å²) < 4.78 is 0. The Bertz CT molecular complexity index is 514. The summed E-state index contributed by atoms with van der Waals surface area (Å²) in [6.45, 7) is 1.19. The molecule has 0 aromatic heterocycles. The van der Waals surface area contributed by atoms with Crippen molar-refractivity contribution in [3.8, 4) is 0 Å². The van der Waals surface area contributed by atoms with Gasteiger partial charge in [0.05, 0.1) is 18.7 Å². The fraction of sp³-hybridized carbons (Fsp3) is 0.250. The monoisotopic (exact) mass is 265 g/mol. The third-order valence-corrected chi connectivity index (χ3v) is 2.47. The Labute approximate surface area is 109 Å². The molecule has 2 amide bonds. The zero-order chi connectivity index (χ0) is 14.4. The Morgan fingerprint density at radius 1 is 1.26 bits per heavy atom. The van der Waals surface area contributed by atoms with Gasteiger partial charge in [0, 0.05) is 5.69 Å². The number of carboxylic acid groups (broad SMARTS) is 1. The third kappa shape index (κ3) is 4.07. The highest BCUT2D eigenvalue weighted by molar-refractivity contribution is 5.97. The molecule has 102 valence electrons. The van der Waals surface area contributed by atoms with E-state index in [0.29, 0.717) is 11.3 Å². The van der Waals surface area contributed by atoms with E-state index < -0.39 is 17.8 Å². The van der Waals surface area contributed by atoms with Gasteiger partial charge < -0.3 is 21.5 Å². The second-order valence-electron chi connectivity index (χ2n) is 3.81. The summed E-state index contributed by atoms with van der Waals surface area (Å²) in [5.74, 6) is -1.95. The fourth-order valence-electron chi connectivity index (χ4n) is 1.45. The summed E-state index contributed by atoms with van der Waals surface area (Å²) in [6, 6.07) is 4.57. The van der Waals surface area contributed by atoms with Crippen LogP contribution in [0.1, 0.15) is 15.9 Å². The van der Waals surface area contributed by atoms with Crippen LogP contribution in [0.15, 0.2) is 18.2 Å². The van der Waals surface area contributed by atoms with Crippen molar-refractivity contribution in [3.05, 3.63) is 29.3 Å². The summed E-state index contributed by atoms with van der Waals surface area (Å²) in [4.78, 5) is 33.4. The summed E-state index contributed by atoms with van der Waals surface area (Å²) in [5.41, 5.74) is 6.04. The molecule has 0 aliphatic carbocycles. The van der Waals surface area contributed by atoms with Crippen molar-refractivity contribution in [2.75, 3.05) is 18.4 Å². The average molecular weight is 265 g/mol. The van der Waals surface area contributed by atoms with E-state index >= 15 is 0 Å². The van der Waals surface area contributed by atoms with Gasteiger partial charge in [-0.2, -0.15) is 0 Å². The third-order valence-electron chi connectivity index (χ3n) is 2.47. The maximum Gasteiger partial charge on any atom is 0.336 e. The van der Waals surface area contributed by atoms with E-state index in [4.69, 9.17) is 10.8 Å². The van der Waals surface area contributed by atoms with Crippen LogP contribution in [0.2, 0.25) is 0 Å². The Morgan fingerprint density at radius 2 is 1.95 bits per heavy atom. The van der Waals surface area contributed by atoms with Gasteiger partial charge in [-0.3, -0.25) is 9.59 Å². The lowest BCUT2D eigenvalue weighted by Gasteiger charge is -2.10. The van der Waals surface area contributed by atoms with Gasteiger partial charge in [0.1, 0.15) is 0 Å². The van der Waals surface area contributed by atoms with Crippen molar-refractivity contribution in [3.63, 3.8) is 0 Å². The number of anilines is 1. The molecular weight excluding hydrogens is 250 g/mol. The normalized spacial score (nSPS) is 9.79. The topological polar surface area (TPSA) is 122 Å². The predicted octanol–water partition coefficient (Wildman–Crippen LogP) is -0.293. The smallest absolute Gasteiger partial charge is 0.336 e. The highest BCUT2D eigenvalue weighted by Gasteiger charge is 2.12. The minimum absolute atomic E-state index is 0.115. The maximum absolute atomic E-state index is 11.6. The van der Waals surface area contributed by atoms with Crippen LogP contribution in [0.3, 0.4) is 0 Å². The molecule has 19 heavy (non-hydrogen) atoms. The number of amides is 2. The largest absolute Gasteiger partial charge is 0.478 e. The molecular formula is C12H15N3O4. The predicted molar refractivity (Wildman–Crippen MR) is 68.8 cm³/mol. The van der Waals surface area contributed by atoms with E-state index in [1.165, 1.54) is 12.1 Å². The second kappa shape index (κ2) is 6.50. The maximum atomic E-state index is 11.6. The lowest BCUT2D eigenvalue weighted by Crippen LogP contribution is -2.36. The molecule has 1 aromatic rings. The number of nitrogens with one attached hydrogen (secondary N) is 2. The quantitative estimate of drug-likeness (QED) is 0.582. The molecule has 0 spiro atoms. The average Bonchev–Trinajstić information content (AvgIpc) is 2.38. The van der Waals surface area contributed by atoms with Crippen molar-refractivity contribution < 1.29 is 19.5 Å². The number of carbonyl (C=O) groups is 3. The van der Waals surface area contributed by atoms with Gasteiger partial charge in [-0.25, -0.2) is 4.79 Å². The van der Waals surface area contributed by atoms with Gasteiger partial charge in [0.15, 0.2) is 0 Å². The lowest BCUT2D eigenvalue weighted by atomic mass is 10.1. The fourth-order valence-corrected chi connectivity index (χ4v) is 1.45. The molecule has 1 aromatic carbocycles. The lowest BCUT2D eigenvalue weighted by molar-refractivity contribution is -0.123. The van der Waals surface area contributed by atoms with Crippen LogP contribution >= 0.6 is 0 Å². The first kappa shape index (κ1) is 14.7. The van der Waals surface area contributed by atoms with E-state index in [2.05, 4.69) is 10.6 Å². The number of carbonyl (C=O) groups excluding carboxylic acids is 2. The van der Waals surface area contributed by atoms with Crippen LogP contribution in [0, 0.1) is 6.92 Å². The van der Waals surface area contributed by atoms with Crippen molar-refractivity contribution in [1.29, 1.82) is 0 Å². The highest BCUT2D eigenvalue weighted by atomic mass is 16.4. The first-order valence-corrected chi connectivity index (χ1v) is 5.55. The van der Waals surface area contributed by atoms with E-state index in [9.17, 15) is 14.4 Å². The number of carboxylic acids is 1. The van der Waals surface area contributed by atoms with Crippen LogP contribution in [0.4, 0.5) is 5.69 Å². The number of nitrogens with two attached hydrogens (primary N) is 1. The first-order valence-electron chi connectivity index (χ1n) is 5.55. The standard InChI is InChI=1S/C12H15N3O4/c1-7-8(12(18)19)3-2-4-9(7)15-11(17)6-14-10(16)5-13/h2-4H,5-6,13H2,1H3,(H,14,16)(H,15,17)(H,18,19). The number of hydrogen-bond donors (Lipinski definition) is 4. The number of aromatic carboxylic acids is 1. The molecule has 7 heteroatoms. The molecule has 0 unspecified atom stereocenters. The molecule has 0 aliphatic rings. The molecule has 1 rings (SSSR count). The van der Waals surface area contributed by atoms with Gasteiger partial charge >= 0.3 is 5.97 Å². The Balaban J connectivity index is 2.72. The Morgan fingerprint density at radius 3 is 2.53 bits per heavy atom. The molecule has 0 atom stereocenters. The molecule has 0 bridgehead atoms. The minimum atomic E-state index is -1.06. The first-order chi connectivity index (χ1) is 8.95. The van der Waals surface area contributed by atoms with Crippen molar-refractivity contribution in [2.45, 2.75) is 6.92 Å². The van der Waals surface area contributed by atoms with Gasteiger partial charge in [-0.15, -0.1) is 0 Å². The Hall–Kier alpha value is -2.41. The molecule has 5 N–H and O–H groups in total. The number of rotatable bonds is 5. The molecule has 0 saturated carbocycles. The van der Waals surface area contributed by atoms with E-state index in [-0.39, 0.29) is 18.7 Å². The summed E-state index contributed by atoms with van der Waals surface area (Å²) in [5, 5.41) is 13.8. The molecule has 0 saturated heterocycles. The second-order valence-corrected chi connectivity index (χ2v) is 3.81. The molecule has 0 aliphatic heterocycles. The van der Waals surface area contributed by atoms with Crippen molar-refractivity contribution in [1.82, 2.24) is 5.32 Å². The van der Waals surface area contributed by atoms with Gasteiger partial charge in [0.25, 0.3) is 0 Å². The van der Waals surface area contributed by atoms with Crippen LogP contribution in [0.5, 0.6) is 0 Å². The molecule has 7 nitrogen and oxygen atoms in total. The van der Waals surface area contributed by atoms with Crippen LogP contribution in [-0.2, 0) is 9.59 Å². The van der Waals surface area contributed by atoms with E-state index in [1.807, 2.05) is 0 Å². The highest BCUT2D eigenvalue weighted by Crippen LogP contribution is 2.18.